The van der Waals surface area contributed by atoms with Crippen molar-refractivity contribution >= 4 is 16.6 Å². The molecule has 1 atom stereocenters. The molecule has 0 aromatic heterocycles. The maximum absolute atomic E-state index is 6.26. The van der Waals surface area contributed by atoms with Crippen LogP contribution in [0.1, 0.15) is 27.2 Å². The number of hydrogen-bond donors (Lipinski definition) is 0. The third-order valence-electron chi connectivity index (χ3n) is 2.22. The molecular weight excluding hydrogens is 284 g/mol. The van der Waals surface area contributed by atoms with Crippen molar-refractivity contribution in [3.05, 3.63) is 12.0 Å². The van der Waals surface area contributed by atoms with Crippen LogP contribution < -0.4 is 0 Å². The van der Waals surface area contributed by atoms with Gasteiger partial charge < -0.3 is 13.6 Å². The molecule has 0 bridgehead atoms. The monoisotopic (exact) mass is 318 g/mol. The molecular formula is C15H34O3Si2. The van der Waals surface area contributed by atoms with Gasteiger partial charge in [0.25, 0.3) is 5.95 Å². The fraction of sp³-hybridized carbons (Fsp3) is 0.867. The Bertz CT molecular complexity index is 301. The van der Waals surface area contributed by atoms with E-state index in [9.17, 15) is 0 Å². The van der Waals surface area contributed by atoms with Gasteiger partial charge in [-0.1, -0.05) is 13.8 Å². The molecule has 0 fully saturated rings. The van der Waals surface area contributed by atoms with Crippen LogP contribution in [-0.2, 0) is 13.6 Å². The van der Waals surface area contributed by atoms with Crippen molar-refractivity contribution in [1.82, 2.24) is 0 Å². The Kier molecular flexibility index (Phi) is 8.13. The average molecular weight is 319 g/mol. The molecule has 120 valence electrons. The van der Waals surface area contributed by atoms with E-state index in [4.69, 9.17) is 13.6 Å². The van der Waals surface area contributed by atoms with Crippen molar-refractivity contribution in [2.45, 2.75) is 72.6 Å². The molecule has 20 heavy (non-hydrogen) atoms. The molecule has 0 spiro atoms. The van der Waals surface area contributed by atoms with E-state index in [1.54, 1.807) is 0 Å². The fourth-order valence-corrected chi connectivity index (χ4v) is 3.58. The predicted molar refractivity (Wildman–Crippen MR) is 91.8 cm³/mol. The molecule has 0 aromatic rings. The molecule has 0 aromatic carbocycles. The summed E-state index contributed by atoms with van der Waals surface area (Å²) in [5.41, 5.74) is 0. The molecule has 0 amide bonds. The second kappa shape index (κ2) is 8.24. The van der Waals surface area contributed by atoms with Gasteiger partial charge in [0.1, 0.15) is 0 Å². The van der Waals surface area contributed by atoms with Gasteiger partial charge in [0.05, 0.1) is 12.7 Å². The zero-order valence-corrected chi connectivity index (χ0v) is 16.9. The first-order chi connectivity index (χ1) is 8.93. The molecule has 0 rings (SSSR count). The second-order valence-electron chi connectivity index (χ2n) is 7.53. The van der Waals surface area contributed by atoms with E-state index in [-0.39, 0.29) is 6.10 Å². The lowest BCUT2D eigenvalue weighted by Gasteiger charge is -2.27. The third kappa shape index (κ3) is 11.6. The molecule has 0 saturated carbocycles. The fourth-order valence-electron chi connectivity index (χ4n) is 1.78. The summed E-state index contributed by atoms with van der Waals surface area (Å²) in [6, 6.07) is 0. The smallest absolute Gasteiger partial charge is 0.263 e. The Morgan fingerprint density at radius 1 is 1.00 bits per heavy atom. The van der Waals surface area contributed by atoms with Crippen molar-refractivity contribution < 1.29 is 13.6 Å². The van der Waals surface area contributed by atoms with Gasteiger partial charge >= 0.3 is 0 Å². The first-order valence-electron chi connectivity index (χ1n) is 7.64. The van der Waals surface area contributed by atoms with E-state index in [0.717, 1.165) is 6.42 Å². The molecule has 1 unspecified atom stereocenters. The van der Waals surface area contributed by atoms with Crippen LogP contribution in [0.25, 0.3) is 0 Å². The molecule has 0 aliphatic rings. The molecule has 0 heterocycles. The van der Waals surface area contributed by atoms with Crippen LogP contribution in [0.3, 0.4) is 0 Å². The van der Waals surface area contributed by atoms with Crippen LogP contribution >= 0.6 is 0 Å². The largest absolute Gasteiger partial charge is 0.520 e. The number of rotatable bonds is 9. The van der Waals surface area contributed by atoms with E-state index in [2.05, 4.69) is 53.1 Å². The van der Waals surface area contributed by atoms with Gasteiger partial charge in [0, 0.05) is 6.08 Å². The Hall–Kier alpha value is -0.266. The molecule has 0 radical (unpaired) electrons. The Morgan fingerprint density at radius 3 is 1.90 bits per heavy atom. The van der Waals surface area contributed by atoms with Crippen molar-refractivity contribution in [3.63, 3.8) is 0 Å². The summed E-state index contributed by atoms with van der Waals surface area (Å²) in [6.07, 6.45) is 3.12. The lowest BCUT2D eigenvalue weighted by atomic mass is 10.1. The number of hydrogen-bond acceptors (Lipinski definition) is 3. The highest BCUT2D eigenvalue weighted by molar-refractivity contribution is 6.70. The van der Waals surface area contributed by atoms with Crippen molar-refractivity contribution in [3.8, 4) is 0 Å². The summed E-state index contributed by atoms with van der Waals surface area (Å²) in [4.78, 5) is 0. The van der Waals surface area contributed by atoms with Crippen LogP contribution in [0, 0.1) is 5.92 Å². The molecule has 0 aliphatic carbocycles. The van der Waals surface area contributed by atoms with Gasteiger partial charge in [-0.25, -0.2) is 0 Å². The zero-order chi connectivity index (χ0) is 16.0. The van der Waals surface area contributed by atoms with Crippen molar-refractivity contribution in [2.24, 2.45) is 5.92 Å². The van der Waals surface area contributed by atoms with Gasteiger partial charge in [0.15, 0.2) is 8.32 Å². The SMILES string of the molecule is CCO/C(=C/C(CC(C)C)O[Si](C)(C)C)O[Si](C)(C)C. The highest BCUT2D eigenvalue weighted by atomic mass is 28.4. The van der Waals surface area contributed by atoms with Crippen LogP contribution in [0.5, 0.6) is 0 Å². The van der Waals surface area contributed by atoms with Gasteiger partial charge in [-0.15, -0.1) is 0 Å². The van der Waals surface area contributed by atoms with Crippen LogP contribution in [-0.4, -0.2) is 29.3 Å². The second-order valence-corrected chi connectivity index (χ2v) is 16.4. The Morgan fingerprint density at radius 2 is 1.55 bits per heavy atom. The molecule has 0 N–H and O–H groups in total. The highest BCUT2D eigenvalue weighted by Crippen LogP contribution is 2.20. The standard InChI is InChI=1S/C15H34O3Si2/c1-10-16-15(18-20(7,8)9)12-14(11-13(2)3)17-19(4,5)6/h12-14H,10-11H2,1-9H3/b15-12-. The van der Waals surface area contributed by atoms with Crippen LogP contribution in [0.4, 0.5) is 0 Å². The third-order valence-corrected chi connectivity index (χ3v) is 4.05. The molecule has 0 saturated heterocycles. The number of ether oxygens (including phenoxy) is 1. The summed E-state index contributed by atoms with van der Waals surface area (Å²) in [7, 11) is -3.24. The van der Waals surface area contributed by atoms with Gasteiger partial charge in [-0.2, -0.15) is 0 Å². The van der Waals surface area contributed by atoms with Crippen LogP contribution in [0.15, 0.2) is 12.0 Å². The maximum Gasteiger partial charge on any atom is 0.263 e. The molecule has 5 heteroatoms. The lowest BCUT2D eigenvalue weighted by molar-refractivity contribution is 0.102. The quantitative estimate of drug-likeness (QED) is 0.443. The van der Waals surface area contributed by atoms with E-state index >= 15 is 0 Å². The van der Waals surface area contributed by atoms with Crippen molar-refractivity contribution in [1.29, 1.82) is 0 Å². The van der Waals surface area contributed by atoms with E-state index < -0.39 is 16.6 Å². The van der Waals surface area contributed by atoms with E-state index in [1.807, 2.05) is 13.0 Å². The Balaban J connectivity index is 5.03. The lowest BCUT2D eigenvalue weighted by Crippen LogP contribution is -2.33. The minimum absolute atomic E-state index is 0.0829. The average Bonchev–Trinajstić information content (AvgIpc) is 2.10. The van der Waals surface area contributed by atoms with Crippen LogP contribution in [0.2, 0.25) is 39.3 Å². The molecule has 3 nitrogen and oxygen atoms in total. The van der Waals surface area contributed by atoms with Gasteiger partial charge in [0.2, 0.25) is 8.32 Å². The summed E-state index contributed by atoms with van der Waals surface area (Å²) in [6.45, 7) is 20.2. The van der Waals surface area contributed by atoms with Gasteiger partial charge in [-0.3, -0.25) is 0 Å². The minimum Gasteiger partial charge on any atom is -0.520 e. The summed E-state index contributed by atoms with van der Waals surface area (Å²) in [5.74, 6) is 1.23. The van der Waals surface area contributed by atoms with Gasteiger partial charge in [-0.05, 0) is 58.5 Å². The zero-order valence-electron chi connectivity index (χ0n) is 14.9. The minimum atomic E-state index is -1.66. The normalized spacial score (nSPS) is 15.4. The van der Waals surface area contributed by atoms with Crippen molar-refractivity contribution in [2.75, 3.05) is 6.61 Å². The summed E-state index contributed by atoms with van der Waals surface area (Å²) >= 11 is 0. The van der Waals surface area contributed by atoms with E-state index in [0.29, 0.717) is 18.5 Å². The summed E-state index contributed by atoms with van der Waals surface area (Å²) in [5, 5.41) is 0. The molecule has 0 aliphatic heterocycles. The first-order valence-corrected chi connectivity index (χ1v) is 14.5. The Labute approximate surface area is 128 Å². The maximum atomic E-state index is 6.26. The first kappa shape index (κ1) is 19.7. The summed E-state index contributed by atoms with van der Waals surface area (Å²) < 4.78 is 17.9. The van der Waals surface area contributed by atoms with E-state index in [1.165, 1.54) is 0 Å². The topological polar surface area (TPSA) is 27.7 Å². The predicted octanol–water partition coefficient (Wildman–Crippen LogP) is 4.98. The highest BCUT2D eigenvalue weighted by Gasteiger charge is 2.24.